The van der Waals surface area contributed by atoms with Gasteiger partial charge in [0.05, 0.1) is 6.54 Å². The number of rotatable bonds is 4. The SMILES string of the molecule is CC.CCCNCc1ncc(C)[nH]1. The second kappa shape index (κ2) is 7.80. The highest BCUT2D eigenvalue weighted by Gasteiger charge is 1.94. The van der Waals surface area contributed by atoms with E-state index >= 15 is 0 Å². The Morgan fingerprint density at radius 2 is 2.15 bits per heavy atom. The van der Waals surface area contributed by atoms with Crippen molar-refractivity contribution in [3.05, 3.63) is 17.7 Å². The highest BCUT2D eigenvalue weighted by Crippen LogP contribution is 1.93. The molecule has 0 unspecified atom stereocenters. The number of aryl methyl sites for hydroxylation is 1. The summed E-state index contributed by atoms with van der Waals surface area (Å²) in [7, 11) is 0. The molecule has 0 aromatic carbocycles. The third-order valence-electron chi connectivity index (χ3n) is 1.47. The fraction of sp³-hybridized carbons (Fsp3) is 0.700. The molecular formula is C10H21N3. The van der Waals surface area contributed by atoms with Crippen LogP contribution in [0.2, 0.25) is 0 Å². The molecule has 76 valence electrons. The van der Waals surface area contributed by atoms with E-state index in [0.29, 0.717) is 0 Å². The van der Waals surface area contributed by atoms with Crippen molar-refractivity contribution < 1.29 is 0 Å². The molecular weight excluding hydrogens is 162 g/mol. The Balaban J connectivity index is 0.000000671. The van der Waals surface area contributed by atoms with Crippen molar-refractivity contribution in [3.8, 4) is 0 Å². The van der Waals surface area contributed by atoms with E-state index in [-0.39, 0.29) is 0 Å². The van der Waals surface area contributed by atoms with E-state index in [1.165, 1.54) is 6.42 Å². The summed E-state index contributed by atoms with van der Waals surface area (Å²) in [4.78, 5) is 7.33. The highest BCUT2D eigenvalue weighted by atomic mass is 15.0. The summed E-state index contributed by atoms with van der Waals surface area (Å²) in [5.41, 5.74) is 1.12. The van der Waals surface area contributed by atoms with Crippen LogP contribution in [0.15, 0.2) is 6.20 Å². The van der Waals surface area contributed by atoms with Gasteiger partial charge in [-0.25, -0.2) is 4.98 Å². The molecule has 0 atom stereocenters. The Labute approximate surface area is 81.0 Å². The lowest BCUT2D eigenvalue weighted by Crippen LogP contribution is -2.14. The van der Waals surface area contributed by atoms with Gasteiger partial charge >= 0.3 is 0 Å². The quantitative estimate of drug-likeness (QED) is 0.703. The number of hydrogen-bond donors (Lipinski definition) is 2. The molecule has 1 aromatic heterocycles. The summed E-state index contributed by atoms with van der Waals surface area (Å²) in [6.45, 7) is 10.1. The van der Waals surface area contributed by atoms with Crippen LogP contribution in [0.4, 0.5) is 0 Å². The molecule has 0 aliphatic heterocycles. The lowest BCUT2D eigenvalue weighted by atomic mass is 10.4. The second-order valence-electron chi connectivity index (χ2n) is 2.69. The van der Waals surface area contributed by atoms with Gasteiger partial charge in [-0.2, -0.15) is 0 Å². The first kappa shape index (κ1) is 12.2. The Bertz CT molecular complexity index is 206. The van der Waals surface area contributed by atoms with Gasteiger partial charge in [0.25, 0.3) is 0 Å². The average Bonchev–Trinajstić information content (AvgIpc) is 2.56. The summed E-state index contributed by atoms with van der Waals surface area (Å²) in [5.74, 6) is 1.02. The first-order valence-electron chi connectivity index (χ1n) is 5.04. The van der Waals surface area contributed by atoms with E-state index in [2.05, 4.69) is 22.2 Å². The molecule has 13 heavy (non-hydrogen) atoms. The third kappa shape index (κ3) is 5.42. The Morgan fingerprint density at radius 3 is 2.62 bits per heavy atom. The van der Waals surface area contributed by atoms with Crippen LogP contribution in [-0.2, 0) is 6.54 Å². The maximum atomic E-state index is 4.17. The van der Waals surface area contributed by atoms with Gasteiger partial charge in [0.2, 0.25) is 0 Å². The average molecular weight is 183 g/mol. The largest absolute Gasteiger partial charge is 0.345 e. The van der Waals surface area contributed by atoms with Crippen molar-refractivity contribution >= 4 is 0 Å². The second-order valence-corrected chi connectivity index (χ2v) is 2.69. The van der Waals surface area contributed by atoms with E-state index in [1.54, 1.807) is 0 Å². The van der Waals surface area contributed by atoms with E-state index in [0.717, 1.165) is 24.6 Å². The molecule has 0 fully saturated rings. The standard InChI is InChI=1S/C8H15N3.C2H6/c1-3-4-9-6-8-10-5-7(2)11-8;1-2/h5,9H,3-4,6H2,1-2H3,(H,10,11);1-2H3. The highest BCUT2D eigenvalue weighted by molar-refractivity contribution is 4.97. The number of imidazole rings is 1. The topological polar surface area (TPSA) is 40.7 Å². The molecule has 0 saturated carbocycles. The number of nitrogens with one attached hydrogen (secondary N) is 2. The maximum absolute atomic E-state index is 4.17. The molecule has 0 spiro atoms. The monoisotopic (exact) mass is 183 g/mol. The molecule has 2 N–H and O–H groups in total. The maximum Gasteiger partial charge on any atom is 0.120 e. The van der Waals surface area contributed by atoms with E-state index in [4.69, 9.17) is 0 Å². The van der Waals surface area contributed by atoms with Gasteiger partial charge in [0.15, 0.2) is 0 Å². The van der Waals surface area contributed by atoms with Gasteiger partial charge < -0.3 is 10.3 Å². The number of H-pyrrole nitrogens is 1. The zero-order chi connectivity index (χ0) is 10.1. The van der Waals surface area contributed by atoms with Crippen molar-refractivity contribution in [2.75, 3.05) is 6.54 Å². The van der Waals surface area contributed by atoms with E-state index < -0.39 is 0 Å². The van der Waals surface area contributed by atoms with Crippen LogP contribution in [0.3, 0.4) is 0 Å². The van der Waals surface area contributed by atoms with Crippen molar-refractivity contribution in [1.82, 2.24) is 15.3 Å². The molecule has 0 saturated heterocycles. The first-order valence-corrected chi connectivity index (χ1v) is 5.04. The molecule has 0 aliphatic carbocycles. The number of aromatic amines is 1. The van der Waals surface area contributed by atoms with Gasteiger partial charge in [-0.15, -0.1) is 0 Å². The van der Waals surface area contributed by atoms with Crippen LogP contribution in [0.5, 0.6) is 0 Å². The smallest absolute Gasteiger partial charge is 0.120 e. The number of aromatic nitrogens is 2. The lowest BCUT2D eigenvalue weighted by molar-refractivity contribution is 0.655. The Morgan fingerprint density at radius 1 is 1.46 bits per heavy atom. The fourth-order valence-corrected chi connectivity index (χ4v) is 0.940. The lowest BCUT2D eigenvalue weighted by Gasteiger charge is -1.97. The normalized spacial score (nSPS) is 9.23. The predicted octanol–water partition coefficient (Wildman–Crippen LogP) is 2.24. The van der Waals surface area contributed by atoms with Gasteiger partial charge in [-0.05, 0) is 19.9 Å². The van der Waals surface area contributed by atoms with Crippen LogP contribution < -0.4 is 5.32 Å². The van der Waals surface area contributed by atoms with Crippen LogP contribution in [0.1, 0.15) is 38.7 Å². The third-order valence-corrected chi connectivity index (χ3v) is 1.47. The molecule has 1 heterocycles. The predicted molar refractivity (Wildman–Crippen MR) is 56.7 cm³/mol. The Kier molecular flexibility index (Phi) is 7.30. The van der Waals surface area contributed by atoms with Crippen LogP contribution >= 0.6 is 0 Å². The number of hydrogen-bond acceptors (Lipinski definition) is 2. The van der Waals surface area contributed by atoms with Crippen LogP contribution in [-0.4, -0.2) is 16.5 Å². The molecule has 3 nitrogen and oxygen atoms in total. The molecule has 3 heteroatoms. The molecule has 0 aliphatic rings. The van der Waals surface area contributed by atoms with Gasteiger partial charge in [-0.1, -0.05) is 20.8 Å². The van der Waals surface area contributed by atoms with E-state index in [9.17, 15) is 0 Å². The summed E-state index contributed by atoms with van der Waals surface area (Å²) in [6.07, 6.45) is 3.02. The van der Waals surface area contributed by atoms with Crippen molar-refractivity contribution in [2.24, 2.45) is 0 Å². The zero-order valence-corrected chi connectivity index (χ0v) is 9.15. The van der Waals surface area contributed by atoms with Crippen molar-refractivity contribution in [1.29, 1.82) is 0 Å². The minimum Gasteiger partial charge on any atom is -0.345 e. The summed E-state index contributed by atoms with van der Waals surface area (Å²) in [5, 5.41) is 3.27. The van der Waals surface area contributed by atoms with Crippen LogP contribution in [0, 0.1) is 6.92 Å². The van der Waals surface area contributed by atoms with Crippen molar-refractivity contribution in [2.45, 2.75) is 40.7 Å². The van der Waals surface area contributed by atoms with Gasteiger partial charge in [0.1, 0.15) is 5.82 Å². The summed E-state index contributed by atoms with van der Waals surface area (Å²) >= 11 is 0. The first-order chi connectivity index (χ1) is 6.33. The molecule has 1 aromatic rings. The summed E-state index contributed by atoms with van der Waals surface area (Å²) < 4.78 is 0. The van der Waals surface area contributed by atoms with Gasteiger partial charge in [-0.3, -0.25) is 0 Å². The minimum absolute atomic E-state index is 0.849. The fourth-order valence-electron chi connectivity index (χ4n) is 0.940. The van der Waals surface area contributed by atoms with E-state index in [1.807, 2.05) is 27.0 Å². The van der Waals surface area contributed by atoms with Crippen molar-refractivity contribution in [3.63, 3.8) is 0 Å². The zero-order valence-electron chi connectivity index (χ0n) is 9.15. The minimum atomic E-state index is 0.849. The van der Waals surface area contributed by atoms with Gasteiger partial charge in [0, 0.05) is 11.9 Å². The summed E-state index contributed by atoms with van der Waals surface area (Å²) in [6, 6.07) is 0. The molecule has 0 radical (unpaired) electrons. The molecule has 0 bridgehead atoms. The molecule has 0 amide bonds. The van der Waals surface area contributed by atoms with Crippen LogP contribution in [0.25, 0.3) is 0 Å². The molecule has 1 rings (SSSR count). The Hall–Kier alpha value is -0.830. The number of nitrogens with zero attached hydrogens (tertiary/aromatic N) is 1.